The molecule has 4 N–H and O–H groups in total. The molecule has 9 heteroatoms. The van der Waals surface area contributed by atoms with E-state index in [4.69, 9.17) is 5.73 Å². The molecule has 0 fully saturated rings. The number of aromatic nitrogens is 3. The van der Waals surface area contributed by atoms with Gasteiger partial charge < -0.3 is 5.73 Å². The highest BCUT2D eigenvalue weighted by Gasteiger charge is 2.18. The van der Waals surface area contributed by atoms with Crippen LogP contribution in [-0.2, 0) is 10.0 Å². The van der Waals surface area contributed by atoms with Gasteiger partial charge in [0, 0.05) is 4.90 Å². The lowest BCUT2D eigenvalue weighted by Gasteiger charge is -2.06. The zero-order valence-electron chi connectivity index (χ0n) is 8.45. The lowest BCUT2D eigenvalue weighted by Crippen LogP contribution is -2.14. The Morgan fingerprint density at radius 1 is 1.35 bits per heavy atom. The van der Waals surface area contributed by atoms with Crippen LogP contribution < -0.4 is 10.5 Å². The zero-order valence-corrected chi connectivity index (χ0v) is 10.2. The number of hydrogen-bond acceptors (Lipinski definition) is 6. The van der Waals surface area contributed by atoms with Crippen molar-refractivity contribution in [1.82, 2.24) is 15.2 Å². The Balaban J connectivity index is 2.35. The molecule has 0 bridgehead atoms. The van der Waals surface area contributed by atoms with Crippen molar-refractivity contribution in [2.24, 2.45) is 0 Å². The molecule has 90 valence electrons. The van der Waals surface area contributed by atoms with Crippen molar-refractivity contribution in [2.45, 2.75) is 9.79 Å². The lowest BCUT2D eigenvalue weighted by atomic mass is 10.4. The Morgan fingerprint density at radius 3 is 2.65 bits per heavy atom. The molecule has 0 saturated carbocycles. The van der Waals surface area contributed by atoms with Crippen molar-refractivity contribution in [3.63, 3.8) is 0 Å². The van der Waals surface area contributed by atoms with E-state index in [0.717, 1.165) is 0 Å². The van der Waals surface area contributed by atoms with E-state index in [1.165, 1.54) is 6.07 Å². The molecule has 0 amide bonds. The fourth-order valence-electron chi connectivity index (χ4n) is 1.18. The zero-order chi connectivity index (χ0) is 12.5. The molecular formula is C8H9N5O2S2. The van der Waals surface area contributed by atoms with Crippen molar-refractivity contribution in [1.29, 1.82) is 0 Å². The molecule has 2 aromatic rings. The molecule has 7 nitrogen and oxygen atoms in total. The van der Waals surface area contributed by atoms with Gasteiger partial charge in [-0.15, -0.1) is 17.7 Å². The van der Waals surface area contributed by atoms with Crippen LogP contribution in [0.2, 0.25) is 0 Å². The van der Waals surface area contributed by atoms with Crippen LogP contribution in [0.1, 0.15) is 0 Å². The Bertz CT molecular complexity index is 637. The van der Waals surface area contributed by atoms with Crippen molar-refractivity contribution < 1.29 is 8.42 Å². The predicted molar refractivity (Wildman–Crippen MR) is 65.3 cm³/mol. The fraction of sp³-hybridized carbons (Fsp3) is 0. The van der Waals surface area contributed by atoms with Crippen molar-refractivity contribution in [2.75, 3.05) is 10.5 Å². The van der Waals surface area contributed by atoms with Gasteiger partial charge in [0.1, 0.15) is 4.90 Å². The van der Waals surface area contributed by atoms with Gasteiger partial charge in [-0.05, 0) is 12.1 Å². The minimum absolute atomic E-state index is 0.0295. The number of anilines is 2. The second kappa shape index (κ2) is 4.26. The van der Waals surface area contributed by atoms with E-state index in [9.17, 15) is 8.42 Å². The molecule has 0 spiro atoms. The minimum atomic E-state index is -3.76. The lowest BCUT2D eigenvalue weighted by molar-refractivity contribution is 0.599. The summed E-state index contributed by atoms with van der Waals surface area (Å²) in [4.78, 5) is 4.03. The van der Waals surface area contributed by atoms with E-state index in [1.54, 1.807) is 18.2 Å². The molecule has 0 aliphatic heterocycles. The largest absolute Gasteiger partial charge is 0.368 e. The van der Waals surface area contributed by atoms with E-state index in [-0.39, 0.29) is 16.8 Å². The number of nitrogens with zero attached hydrogens (tertiary/aromatic N) is 2. The number of sulfonamides is 1. The summed E-state index contributed by atoms with van der Waals surface area (Å²) in [5.41, 5.74) is 5.29. The standard InChI is InChI=1S/C8H9N5O2S2/c9-7-10-8(12-11-7)13-17(14,15)6-4-2-1-3-5(6)16/h1-4,16H,(H4,9,10,11,12,13). The maximum Gasteiger partial charge on any atom is 0.265 e. The van der Waals surface area contributed by atoms with Gasteiger partial charge in [-0.25, -0.2) is 18.2 Å². The van der Waals surface area contributed by atoms with E-state index in [0.29, 0.717) is 4.90 Å². The Kier molecular flexibility index (Phi) is 2.94. The summed E-state index contributed by atoms with van der Waals surface area (Å²) in [6.07, 6.45) is 0. The molecule has 0 unspecified atom stereocenters. The third kappa shape index (κ3) is 2.50. The quantitative estimate of drug-likeness (QED) is 0.606. The van der Waals surface area contributed by atoms with Crippen molar-refractivity contribution >= 4 is 34.5 Å². The van der Waals surface area contributed by atoms with Gasteiger partial charge in [0.2, 0.25) is 5.95 Å². The van der Waals surface area contributed by atoms with Crippen LogP contribution in [0.15, 0.2) is 34.1 Å². The maximum absolute atomic E-state index is 11.9. The summed E-state index contributed by atoms with van der Waals surface area (Å²) in [5.74, 6) is -0.0825. The number of nitrogens with one attached hydrogen (secondary N) is 2. The van der Waals surface area contributed by atoms with E-state index in [2.05, 4.69) is 32.5 Å². The van der Waals surface area contributed by atoms with Gasteiger partial charge in [0.25, 0.3) is 16.0 Å². The molecule has 1 heterocycles. The Hall–Kier alpha value is -1.74. The molecule has 0 atom stereocenters. The molecule has 1 aromatic heterocycles. The van der Waals surface area contributed by atoms with Crippen LogP contribution in [0.5, 0.6) is 0 Å². The van der Waals surface area contributed by atoms with Crippen molar-refractivity contribution in [3.05, 3.63) is 24.3 Å². The van der Waals surface area contributed by atoms with Crippen LogP contribution >= 0.6 is 12.6 Å². The molecule has 0 aliphatic rings. The second-order valence-electron chi connectivity index (χ2n) is 3.12. The first-order chi connectivity index (χ1) is 7.99. The first-order valence-electron chi connectivity index (χ1n) is 4.48. The number of nitrogen functional groups attached to an aromatic ring is 1. The maximum atomic E-state index is 11.9. The summed E-state index contributed by atoms with van der Waals surface area (Å²) < 4.78 is 26.1. The number of thiol groups is 1. The van der Waals surface area contributed by atoms with E-state index < -0.39 is 10.0 Å². The number of benzene rings is 1. The van der Waals surface area contributed by atoms with E-state index >= 15 is 0 Å². The van der Waals surface area contributed by atoms with Crippen LogP contribution in [-0.4, -0.2) is 23.6 Å². The van der Waals surface area contributed by atoms with Crippen LogP contribution in [0, 0.1) is 0 Å². The topological polar surface area (TPSA) is 114 Å². The van der Waals surface area contributed by atoms with Crippen LogP contribution in [0.3, 0.4) is 0 Å². The monoisotopic (exact) mass is 271 g/mol. The average Bonchev–Trinajstić information content (AvgIpc) is 2.63. The van der Waals surface area contributed by atoms with Gasteiger partial charge in [-0.2, -0.15) is 4.98 Å². The number of rotatable bonds is 3. The summed E-state index contributed by atoms with van der Waals surface area (Å²) in [6, 6.07) is 6.29. The Morgan fingerprint density at radius 2 is 2.06 bits per heavy atom. The number of hydrogen-bond donors (Lipinski definition) is 4. The van der Waals surface area contributed by atoms with Crippen molar-refractivity contribution in [3.8, 4) is 0 Å². The smallest absolute Gasteiger partial charge is 0.265 e. The average molecular weight is 271 g/mol. The minimum Gasteiger partial charge on any atom is -0.368 e. The second-order valence-corrected chi connectivity index (χ2v) is 5.25. The molecule has 0 saturated heterocycles. The molecule has 0 radical (unpaired) electrons. The van der Waals surface area contributed by atoms with Crippen LogP contribution in [0.4, 0.5) is 11.9 Å². The first-order valence-corrected chi connectivity index (χ1v) is 6.41. The normalized spacial score (nSPS) is 11.4. The van der Waals surface area contributed by atoms with Gasteiger partial charge >= 0.3 is 0 Å². The van der Waals surface area contributed by atoms with Gasteiger partial charge in [0.15, 0.2) is 0 Å². The predicted octanol–water partition coefficient (Wildman–Crippen LogP) is 0.476. The van der Waals surface area contributed by atoms with E-state index in [1.807, 2.05) is 0 Å². The summed E-state index contributed by atoms with van der Waals surface area (Å²) in [7, 11) is -3.76. The van der Waals surface area contributed by atoms with Gasteiger partial charge in [-0.1, -0.05) is 12.1 Å². The Labute approximate surface area is 103 Å². The highest BCUT2D eigenvalue weighted by Crippen LogP contribution is 2.20. The summed E-state index contributed by atoms with van der Waals surface area (Å²) >= 11 is 4.07. The van der Waals surface area contributed by atoms with Gasteiger partial charge in [-0.3, -0.25) is 0 Å². The van der Waals surface area contributed by atoms with Gasteiger partial charge in [0.05, 0.1) is 0 Å². The number of nitrogens with two attached hydrogens (primary N) is 1. The molecule has 0 aliphatic carbocycles. The molecule has 17 heavy (non-hydrogen) atoms. The fourth-order valence-corrected chi connectivity index (χ4v) is 2.74. The van der Waals surface area contributed by atoms with Crippen LogP contribution in [0.25, 0.3) is 0 Å². The highest BCUT2D eigenvalue weighted by atomic mass is 32.2. The first kappa shape index (κ1) is 11.7. The third-order valence-corrected chi connectivity index (χ3v) is 3.81. The molecular weight excluding hydrogens is 262 g/mol. The highest BCUT2D eigenvalue weighted by molar-refractivity contribution is 7.93. The SMILES string of the molecule is Nc1nc(NS(=O)(=O)c2ccccc2S)n[nH]1. The number of H-pyrrole nitrogens is 1. The third-order valence-electron chi connectivity index (χ3n) is 1.88. The summed E-state index contributed by atoms with van der Waals surface area (Å²) in [5, 5.41) is 5.91. The molecule has 1 aromatic carbocycles. The number of aromatic amines is 1. The molecule has 2 rings (SSSR count). The summed E-state index contributed by atoms with van der Waals surface area (Å²) in [6.45, 7) is 0.